The molecular weight excluding hydrogens is 344 g/mol. The van der Waals surface area contributed by atoms with Crippen molar-refractivity contribution in [1.82, 2.24) is 0 Å². The lowest BCUT2D eigenvalue weighted by molar-refractivity contribution is -0.152. The molecule has 0 bridgehead atoms. The van der Waals surface area contributed by atoms with Crippen molar-refractivity contribution >= 4 is 21.9 Å². The number of hydrogen-bond acceptors (Lipinski definition) is 6. The molecule has 0 heterocycles. The summed E-state index contributed by atoms with van der Waals surface area (Å²) in [6.45, 7) is 4.32. The highest BCUT2D eigenvalue weighted by Gasteiger charge is 2.22. The highest BCUT2D eigenvalue weighted by Crippen LogP contribution is 2.25. The minimum atomic E-state index is -4.01. The molecule has 1 atom stereocenters. The lowest BCUT2D eigenvalue weighted by atomic mass is 10.1. The van der Waals surface area contributed by atoms with Crippen LogP contribution in [0.5, 0.6) is 5.75 Å². The molecule has 25 heavy (non-hydrogen) atoms. The van der Waals surface area contributed by atoms with E-state index in [9.17, 15) is 18.0 Å². The van der Waals surface area contributed by atoms with Crippen molar-refractivity contribution in [3.8, 4) is 5.75 Å². The van der Waals surface area contributed by atoms with E-state index >= 15 is 0 Å². The van der Waals surface area contributed by atoms with Crippen LogP contribution in [0.4, 0.5) is 0 Å². The molecule has 0 aromatic heterocycles. The smallest absolute Gasteiger partial charge is 0.339 e. The van der Waals surface area contributed by atoms with Crippen molar-refractivity contribution in [2.75, 3.05) is 0 Å². The molecule has 6 nitrogen and oxygen atoms in total. The fraction of sp³-hybridized carbons (Fsp3) is 0.222. The summed E-state index contributed by atoms with van der Waals surface area (Å²) in [5.41, 5.74) is 1.26. The van der Waals surface area contributed by atoms with E-state index in [1.54, 1.807) is 18.2 Å². The number of ether oxygens (including phenoxy) is 1. The molecule has 0 saturated heterocycles. The van der Waals surface area contributed by atoms with Crippen LogP contribution in [0.2, 0.25) is 0 Å². The average Bonchev–Trinajstić information content (AvgIpc) is 2.52. The van der Waals surface area contributed by atoms with Crippen molar-refractivity contribution in [3.05, 3.63) is 59.7 Å². The van der Waals surface area contributed by atoms with Crippen molar-refractivity contribution in [2.45, 2.75) is 31.8 Å². The minimum Gasteiger partial charge on any atom is -0.450 e. The van der Waals surface area contributed by atoms with Crippen LogP contribution in [-0.2, 0) is 24.4 Å². The Kier molecular flexibility index (Phi) is 5.58. The van der Waals surface area contributed by atoms with E-state index in [0.717, 1.165) is 5.56 Å². The second-order valence-corrected chi connectivity index (χ2v) is 7.07. The van der Waals surface area contributed by atoms with Gasteiger partial charge in [0.25, 0.3) is 0 Å². The SMILES string of the molecule is CC(=O)OC(C(C)=O)c1cccc(OS(=O)(=O)c2ccc(C)cc2)c1. The quantitative estimate of drug-likeness (QED) is 0.580. The average molecular weight is 362 g/mol. The third-order valence-electron chi connectivity index (χ3n) is 3.33. The highest BCUT2D eigenvalue weighted by atomic mass is 32.2. The maximum absolute atomic E-state index is 12.3. The van der Waals surface area contributed by atoms with Crippen LogP contribution >= 0.6 is 0 Å². The second-order valence-electron chi connectivity index (χ2n) is 5.52. The molecule has 2 aromatic rings. The Morgan fingerprint density at radius 2 is 1.64 bits per heavy atom. The van der Waals surface area contributed by atoms with Crippen molar-refractivity contribution in [2.24, 2.45) is 0 Å². The van der Waals surface area contributed by atoms with E-state index < -0.39 is 22.2 Å². The van der Waals surface area contributed by atoms with Crippen LogP contribution in [-0.4, -0.2) is 20.2 Å². The summed E-state index contributed by atoms with van der Waals surface area (Å²) in [7, 11) is -4.01. The number of carbonyl (C=O) groups is 2. The van der Waals surface area contributed by atoms with E-state index in [2.05, 4.69) is 0 Å². The van der Waals surface area contributed by atoms with E-state index in [1.807, 2.05) is 6.92 Å². The van der Waals surface area contributed by atoms with E-state index in [1.165, 1.54) is 44.2 Å². The Labute approximate surface area is 146 Å². The van der Waals surface area contributed by atoms with Gasteiger partial charge in [-0.25, -0.2) is 0 Å². The van der Waals surface area contributed by atoms with Gasteiger partial charge < -0.3 is 8.92 Å². The summed E-state index contributed by atoms with van der Waals surface area (Å²) in [6, 6.07) is 12.1. The molecule has 0 aliphatic rings. The summed E-state index contributed by atoms with van der Waals surface area (Å²) in [4.78, 5) is 22.9. The standard InChI is InChI=1S/C18H18O6S/c1-12-7-9-17(10-8-12)25(21,22)24-16-6-4-5-15(11-16)18(13(2)19)23-14(3)20/h4-11,18H,1-3H3. The molecule has 0 aliphatic carbocycles. The normalized spacial score (nSPS) is 12.3. The minimum absolute atomic E-state index is 0.0200. The zero-order chi connectivity index (χ0) is 18.6. The fourth-order valence-corrected chi connectivity index (χ4v) is 3.08. The zero-order valence-corrected chi connectivity index (χ0v) is 14.9. The molecule has 0 saturated carbocycles. The van der Waals surface area contributed by atoms with Crippen LogP contribution in [0.15, 0.2) is 53.4 Å². The molecule has 0 radical (unpaired) electrons. The predicted octanol–water partition coefficient (Wildman–Crippen LogP) is 2.96. The highest BCUT2D eigenvalue weighted by molar-refractivity contribution is 7.87. The van der Waals surface area contributed by atoms with Gasteiger partial charge in [-0.1, -0.05) is 29.8 Å². The maximum atomic E-state index is 12.3. The third kappa shape index (κ3) is 4.90. The molecular formula is C18H18O6S. The van der Waals surface area contributed by atoms with Gasteiger partial charge in [0, 0.05) is 12.5 Å². The van der Waals surface area contributed by atoms with Gasteiger partial charge in [0.05, 0.1) is 0 Å². The summed E-state index contributed by atoms with van der Waals surface area (Å²) in [5.74, 6) is -0.969. The van der Waals surface area contributed by atoms with Crippen LogP contribution in [0.25, 0.3) is 0 Å². The van der Waals surface area contributed by atoms with Crippen molar-refractivity contribution in [1.29, 1.82) is 0 Å². The lowest BCUT2D eigenvalue weighted by Gasteiger charge is -2.15. The summed E-state index contributed by atoms with van der Waals surface area (Å²) in [5, 5.41) is 0. The maximum Gasteiger partial charge on any atom is 0.339 e. The molecule has 2 rings (SSSR count). The Hall–Kier alpha value is -2.67. The predicted molar refractivity (Wildman–Crippen MR) is 90.6 cm³/mol. The Morgan fingerprint density at radius 3 is 2.20 bits per heavy atom. The van der Waals surface area contributed by atoms with E-state index in [0.29, 0.717) is 5.56 Å². The van der Waals surface area contributed by atoms with Crippen molar-refractivity contribution in [3.63, 3.8) is 0 Å². The number of esters is 1. The zero-order valence-electron chi connectivity index (χ0n) is 14.1. The number of aryl methyl sites for hydroxylation is 1. The van der Waals surface area contributed by atoms with Crippen molar-refractivity contribution < 1.29 is 26.9 Å². The first kappa shape index (κ1) is 18.7. The first-order valence-electron chi connectivity index (χ1n) is 7.48. The first-order valence-corrected chi connectivity index (χ1v) is 8.88. The van der Waals surface area contributed by atoms with Crippen LogP contribution in [0.1, 0.15) is 31.1 Å². The molecule has 7 heteroatoms. The van der Waals surface area contributed by atoms with E-state index in [-0.39, 0.29) is 16.4 Å². The fourth-order valence-electron chi connectivity index (χ4n) is 2.16. The molecule has 0 aliphatic heterocycles. The van der Waals surface area contributed by atoms with Crippen LogP contribution in [0.3, 0.4) is 0 Å². The van der Waals surface area contributed by atoms with Gasteiger partial charge in [-0.2, -0.15) is 8.42 Å². The van der Waals surface area contributed by atoms with Gasteiger partial charge in [-0.05, 0) is 38.1 Å². The molecule has 1 unspecified atom stereocenters. The van der Waals surface area contributed by atoms with Gasteiger partial charge in [0.15, 0.2) is 11.9 Å². The summed E-state index contributed by atoms with van der Waals surface area (Å²) >= 11 is 0. The number of carbonyl (C=O) groups excluding carboxylic acids is 2. The first-order chi connectivity index (χ1) is 11.7. The van der Waals surface area contributed by atoms with Gasteiger partial charge >= 0.3 is 16.1 Å². The monoisotopic (exact) mass is 362 g/mol. The second kappa shape index (κ2) is 7.48. The summed E-state index contributed by atoms with van der Waals surface area (Å²) < 4.78 is 34.8. The lowest BCUT2D eigenvalue weighted by Crippen LogP contribution is -2.16. The number of hydrogen-bond donors (Lipinski definition) is 0. The van der Waals surface area contributed by atoms with Gasteiger partial charge in [-0.15, -0.1) is 0 Å². The molecule has 0 amide bonds. The largest absolute Gasteiger partial charge is 0.450 e. The Balaban J connectivity index is 2.30. The van der Waals surface area contributed by atoms with E-state index in [4.69, 9.17) is 8.92 Å². The van der Waals surface area contributed by atoms with Gasteiger partial charge in [-0.3, -0.25) is 9.59 Å². The number of Topliss-reactive ketones (excluding diaryl/α,β-unsaturated/α-hetero) is 1. The Bertz CT molecular complexity index is 884. The Morgan fingerprint density at radius 1 is 1.00 bits per heavy atom. The van der Waals surface area contributed by atoms with Crippen LogP contribution in [0, 0.1) is 6.92 Å². The molecule has 2 aromatic carbocycles. The number of benzene rings is 2. The molecule has 132 valence electrons. The van der Waals surface area contributed by atoms with Gasteiger partial charge in [0.2, 0.25) is 0 Å². The molecule has 0 N–H and O–H groups in total. The number of ketones is 1. The molecule has 0 spiro atoms. The molecule has 0 fully saturated rings. The topological polar surface area (TPSA) is 86.7 Å². The van der Waals surface area contributed by atoms with Gasteiger partial charge in [0.1, 0.15) is 10.6 Å². The summed E-state index contributed by atoms with van der Waals surface area (Å²) in [6.07, 6.45) is -1.11. The van der Waals surface area contributed by atoms with Crippen LogP contribution < -0.4 is 4.18 Å². The third-order valence-corrected chi connectivity index (χ3v) is 4.59. The number of rotatable bonds is 6.